The molecule has 1 aliphatic rings. The van der Waals surface area contributed by atoms with Gasteiger partial charge in [0.2, 0.25) is 0 Å². The van der Waals surface area contributed by atoms with Crippen molar-refractivity contribution in [2.75, 3.05) is 22.7 Å². The van der Waals surface area contributed by atoms with Crippen molar-refractivity contribution in [3.63, 3.8) is 0 Å². The number of nitrogens with one attached hydrogen (secondary N) is 1. The summed E-state index contributed by atoms with van der Waals surface area (Å²) in [7, 11) is -3.49. The lowest BCUT2D eigenvalue weighted by Gasteiger charge is -2.32. The van der Waals surface area contributed by atoms with Crippen LogP contribution in [0.15, 0.2) is 40.6 Å². The predicted octanol–water partition coefficient (Wildman–Crippen LogP) is 4.35. The Balaban J connectivity index is 1.71. The Kier molecular flexibility index (Phi) is 5.15. The van der Waals surface area contributed by atoms with Gasteiger partial charge >= 0.3 is 0 Å². The minimum atomic E-state index is -3.49. The fourth-order valence-corrected chi connectivity index (χ4v) is 5.42. The number of thiophene rings is 1. The van der Waals surface area contributed by atoms with Crippen LogP contribution in [0.3, 0.4) is 0 Å². The number of hydrogen-bond acceptors (Lipinski definition) is 4. The van der Waals surface area contributed by atoms with Crippen molar-refractivity contribution in [1.29, 1.82) is 0 Å². The summed E-state index contributed by atoms with van der Waals surface area (Å²) in [6.07, 6.45) is 3.35. The quantitative estimate of drug-likeness (QED) is 0.858. The smallest absolute Gasteiger partial charge is 0.271 e. The number of hydrogen-bond donors (Lipinski definition) is 1. The lowest BCUT2D eigenvalue weighted by Crippen LogP contribution is -2.34. The lowest BCUT2D eigenvalue weighted by atomic mass is 10.00. The molecule has 0 amide bonds. The van der Waals surface area contributed by atoms with Crippen LogP contribution in [0.1, 0.15) is 31.6 Å². The van der Waals surface area contributed by atoms with Crippen LogP contribution in [0.2, 0.25) is 0 Å². The van der Waals surface area contributed by atoms with Gasteiger partial charge in [-0.1, -0.05) is 13.8 Å². The van der Waals surface area contributed by atoms with Gasteiger partial charge in [-0.25, -0.2) is 8.42 Å². The summed E-state index contributed by atoms with van der Waals surface area (Å²) in [5, 5.41) is 0. The molecule has 2 heterocycles. The maximum absolute atomic E-state index is 12.4. The molecule has 6 heteroatoms. The maximum atomic E-state index is 12.4. The molecular formula is C18H24N2O2S2. The van der Waals surface area contributed by atoms with Crippen molar-refractivity contribution < 1.29 is 8.42 Å². The van der Waals surface area contributed by atoms with Gasteiger partial charge in [0.15, 0.2) is 0 Å². The molecule has 0 radical (unpaired) electrons. The second kappa shape index (κ2) is 7.15. The van der Waals surface area contributed by atoms with E-state index in [1.807, 2.05) is 37.3 Å². The topological polar surface area (TPSA) is 49.4 Å². The molecule has 1 aromatic heterocycles. The highest BCUT2D eigenvalue weighted by Crippen LogP contribution is 2.27. The van der Waals surface area contributed by atoms with Crippen LogP contribution in [0.4, 0.5) is 11.4 Å². The van der Waals surface area contributed by atoms with Gasteiger partial charge in [0.25, 0.3) is 10.0 Å². The summed E-state index contributed by atoms with van der Waals surface area (Å²) in [4.78, 5) is 3.45. The molecule has 0 spiro atoms. The molecule has 3 rings (SSSR count). The first kappa shape index (κ1) is 17.3. The van der Waals surface area contributed by atoms with Crippen LogP contribution in [0, 0.1) is 5.92 Å². The highest BCUT2D eigenvalue weighted by molar-refractivity contribution is 7.94. The summed E-state index contributed by atoms with van der Waals surface area (Å²) in [5.41, 5.74) is 1.77. The first-order chi connectivity index (χ1) is 11.5. The third-order valence-electron chi connectivity index (χ3n) is 4.39. The molecule has 1 aliphatic heterocycles. The molecule has 2 aromatic rings. The van der Waals surface area contributed by atoms with Gasteiger partial charge in [0.1, 0.15) is 4.21 Å². The zero-order valence-electron chi connectivity index (χ0n) is 14.2. The normalized spacial score (nSPS) is 18.6. The average molecular weight is 365 g/mol. The predicted molar refractivity (Wildman–Crippen MR) is 102 cm³/mol. The highest BCUT2D eigenvalue weighted by Gasteiger charge is 2.18. The molecule has 0 saturated carbocycles. The van der Waals surface area contributed by atoms with Crippen molar-refractivity contribution in [1.82, 2.24) is 0 Å². The molecule has 4 nitrogen and oxygen atoms in total. The zero-order valence-corrected chi connectivity index (χ0v) is 15.8. The van der Waals surface area contributed by atoms with Gasteiger partial charge in [-0.05, 0) is 61.6 Å². The molecule has 0 bridgehead atoms. The SMILES string of the molecule is CCc1ccc(S(=O)(=O)Nc2ccc(N3CCCC(C)C3)cc2)s1. The molecule has 130 valence electrons. The van der Waals surface area contributed by atoms with E-state index in [1.165, 1.54) is 24.2 Å². The first-order valence-electron chi connectivity index (χ1n) is 8.44. The van der Waals surface area contributed by atoms with E-state index in [4.69, 9.17) is 0 Å². The number of anilines is 2. The van der Waals surface area contributed by atoms with E-state index in [2.05, 4.69) is 16.5 Å². The van der Waals surface area contributed by atoms with Gasteiger partial charge < -0.3 is 4.90 Å². The van der Waals surface area contributed by atoms with E-state index in [9.17, 15) is 8.42 Å². The van der Waals surface area contributed by atoms with Crippen LogP contribution < -0.4 is 9.62 Å². The molecule has 1 aromatic carbocycles. The zero-order chi connectivity index (χ0) is 17.2. The summed E-state index contributed by atoms with van der Waals surface area (Å²) in [6.45, 7) is 6.44. The molecule has 0 aliphatic carbocycles. The minimum absolute atomic E-state index is 0.369. The number of piperidine rings is 1. The maximum Gasteiger partial charge on any atom is 0.271 e. The van der Waals surface area contributed by atoms with Crippen molar-refractivity contribution in [3.8, 4) is 0 Å². The number of aryl methyl sites for hydroxylation is 1. The summed E-state index contributed by atoms with van der Waals surface area (Å²) in [6, 6.07) is 11.2. The van der Waals surface area contributed by atoms with Gasteiger partial charge in [-0.2, -0.15) is 0 Å². The number of benzene rings is 1. The Hall–Kier alpha value is -1.53. The van der Waals surface area contributed by atoms with E-state index in [0.29, 0.717) is 15.8 Å². The minimum Gasteiger partial charge on any atom is -0.371 e. The fraction of sp³-hybridized carbons (Fsp3) is 0.444. The van der Waals surface area contributed by atoms with Crippen LogP contribution in [0.5, 0.6) is 0 Å². The van der Waals surface area contributed by atoms with E-state index >= 15 is 0 Å². The van der Waals surface area contributed by atoms with Gasteiger partial charge in [-0.3, -0.25) is 4.72 Å². The summed E-state index contributed by atoms with van der Waals surface area (Å²) >= 11 is 1.33. The van der Waals surface area contributed by atoms with Crippen LogP contribution in [-0.4, -0.2) is 21.5 Å². The molecule has 1 saturated heterocycles. The molecule has 1 fully saturated rings. The Bertz CT molecular complexity index is 782. The van der Waals surface area contributed by atoms with Gasteiger partial charge in [0.05, 0.1) is 0 Å². The summed E-state index contributed by atoms with van der Waals surface area (Å²) < 4.78 is 27.9. The van der Waals surface area contributed by atoms with Crippen LogP contribution >= 0.6 is 11.3 Å². The van der Waals surface area contributed by atoms with E-state index < -0.39 is 10.0 Å². The van der Waals surface area contributed by atoms with E-state index in [-0.39, 0.29) is 0 Å². The fourth-order valence-electron chi connectivity index (χ4n) is 3.06. The van der Waals surface area contributed by atoms with Gasteiger partial charge in [-0.15, -0.1) is 11.3 Å². The Morgan fingerprint density at radius 1 is 1.21 bits per heavy atom. The Morgan fingerprint density at radius 3 is 2.58 bits per heavy atom. The third-order valence-corrected chi connectivity index (χ3v) is 7.49. The van der Waals surface area contributed by atoms with Crippen molar-refractivity contribution >= 4 is 32.7 Å². The van der Waals surface area contributed by atoms with Crippen molar-refractivity contribution in [2.45, 2.75) is 37.3 Å². The summed E-state index contributed by atoms with van der Waals surface area (Å²) in [5.74, 6) is 0.712. The Labute approximate surface area is 148 Å². The second-order valence-corrected chi connectivity index (χ2v) is 9.50. The molecule has 1 N–H and O–H groups in total. The highest BCUT2D eigenvalue weighted by atomic mass is 32.2. The third kappa shape index (κ3) is 3.92. The molecule has 1 unspecified atom stereocenters. The molecule has 1 atom stereocenters. The second-order valence-electron chi connectivity index (χ2n) is 6.42. The van der Waals surface area contributed by atoms with E-state index in [0.717, 1.165) is 30.1 Å². The molecule has 24 heavy (non-hydrogen) atoms. The van der Waals surface area contributed by atoms with Gasteiger partial charge in [0, 0.05) is 29.3 Å². The monoisotopic (exact) mass is 364 g/mol. The number of nitrogens with zero attached hydrogens (tertiary/aromatic N) is 1. The first-order valence-corrected chi connectivity index (χ1v) is 10.7. The van der Waals surface area contributed by atoms with E-state index in [1.54, 1.807) is 6.07 Å². The average Bonchev–Trinajstić information content (AvgIpc) is 3.05. The van der Waals surface area contributed by atoms with Crippen molar-refractivity contribution in [3.05, 3.63) is 41.3 Å². The number of sulfonamides is 1. The Morgan fingerprint density at radius 2 is 1.96 bits per heavy atom. The standard InChI is InChI=1S/C18H24N2O2S2/c1-3-17-10-11-18(23-17)24(21,22)19-15-6-8-16(9-7-15)20-12-4-5-14(2)13-20/h6-11,14,19H,3-5,12-13H2,1-2H3. The largest absolute Gasteiger partial charge is 0.371 e. The lowest BCUT2D eigenvalue weighted by molar-refractivity contribution is 0.447. The van der Waals surface area contributed by atoms with Crippen molar-refractivity contribution in [2.24, 2.45) is 5.92 Å². The van der Waals surface area contributed by atoms with Crippen LogP contribution in [0.25, 0.3) is 0 Å². The molecular weight excluding hydrogens is 340 g/mol. The van der Waals surface area contributed by atoms with Crippen LogP contribution in [-0.2, 0) is 16.4 Å². The number of rotatable bonds is 5.